The second-order valence-electron chi connectivity index (χ2n) is 5.07. The van der Waals surface area contributed by atoms with Gasteiger partial charge in [0.1, 0.15) is 12.1 Å². The van der Waals surface area contributed by atoms with Crippen molar-refractivity contribution in [1.29, 1.82) is 0 Å². The summed E-state index contributed by atoms with van der Waals surface area (Å²) in [7, 11) is 0. The van der Waals surface area contributed by atoms with Gasteiger partial charge in [-0.2, -0.15) is 0 Å². The number of carboxylic acid groups (broad SMARTS) is 1. The average molecular weight is 253 g/mol. The van der Waals surface area contributed by atoms with Gasteiger partial charge in [0.25, 0.3) is 0 Å². The molecule has 18 heavy (non-hydrogen) atoms. The van der Waals surface area contributed by atoms with Crippen LogP contribution < -0.4 is 0 Å². The zero-order valence-corrected chi connectivity index (χ0v) is 11.0. The SMILES string of the molecule is CC(C)(C)OC(=O)N(CC(=O)O)C1=CCC=CC1. The van der Waals surface area contributed by atoms with E-state index in [2.05, 4.69) is 0 Å². The van der Waals surface area contributed by atoms with Crippen LogP contribution in [0.4, 0.5) is 4.79 Å². The zero-order valence-electron chi connectivity index (χ0n) is 11.0. The van der Waals surface area contributed by atoms with E-state index in [1.807, 2.05) is 18.2 Å². The summed E-state index contributed by atoms with van der Waals surface area (Å²) < 4.78 is 5.21. The predicted octanol–water partition coefficient (Wildman–Crippen LogP) is 2.54. The molecule has 0 saturated carbocycles. The Morgan fingerprint density at radius 2 is 2.06 bits per heavy atom. The molecule has 1 aliphatic carbocycles. The van der Waals surface area contributed by atoms with Crippen molar-refractivity contribution in [2.45, 2.75) is 39.2 Å². The number of hydrogen-bond donors (Lipinski definition) is 1. The molecule has 5 nitrogen and oxygen atoms in total. The number of amides is 1. The van der Waals surface area contributed by atoms with Gasteiger partial charge >= 0.3 is 12.1 Å². The first kappa shape index (κ1) is 14.3. The van der Waals surface area contributed by atoms with E-state index in [0.717, 1.165) is 0 Å². The van der Waals surface area contributed by atoms with Gasteiger partial charge in [-0.05, 0) is 27.2 Å². The van der Waals surface area contributed by atoms with Crippen LogP contribution in [0.25, 0.3) is 0 Å². The van der Waals surface area contributed by atoms with E-state index < -0.39 is 17.7 Å². The minimum absolute atomic E-state index is 0.380. The number of aliphatic carboxylic acids is 1. The lowest BCUT2D eigenvalue weighted by atomic mass is 10.1. The van der Waals surface area contributed by atoms with Gasteiger partial charge in [-0.3, -0.25) is 9.69 Å². The highest BCUT2D eigenvalue weighted by molar-refractivity contribution is 5.78. The molecule has 0 aromatic carbocycles. The van der Waals surface area contributed by atoms with Crippen molar-refractivity contribution >= 4 is 12.1 Å². The first-order valence-electron chi connectivity index (χ1n) is 5.86. The van der Waals surface area contributed by atoms with Gasteiger partial charge in [0, 0.05) is 12.1 Å². The Kier molecular flexibility index (Phi) is 4.53. The van der Waals surface area contributed by atoms with Crippen LogP contribution in [0.1, 0.15) is 33.6 Å². The molecule has 1 aliphatic rings. The minimum Gasteiger partial charge on any atom is -0.480 e. The maximum Gasteiger partial charge on any atom is 0.415 e. The number of ether oxygens (including phenoxy) is 1. The summed E-state index contributed by atoms with van der Waals surface area (Å²) in [5.74, 6) is -1.06. The number of allylic oxidation sites excluding steroid dienone is 3. The van der Waals surface area contributed by atoms with E-state index in [1.54, 1.807) is 20.8 Å². The molecule has 0 fully saturated rings. The Balaban J connectivity index is 2.81. The highest BCUT2D eigenvalue weighted by Gasteiger charge is 2.26. The van der Waals surface area contributed by atoms with Crippen LogP contribution in [0.15, 0.2) is 23.9 Å². The zero-order chi connectivity index (χ0) is 13.8. The smallest absolute Gasteiger partial charge is 0.415 e. The van der Waals surface area contributed by atoms with Crippen LogP contribution >= 0.6 is 0 Å². The third-order valence-electron chi connectivity index (χ3n) is 2.24. The molecule has 0 aromatic heterocycles. The highest BCUT2D eigenvalue weighted by Crippen LogP contribution is 2.19. The van der Waals surface area contributed by atoms with Crippen molar-refractivity contribution in [1.82, 2.24) is 4.90 Å². The highest BCUT2D eigenvalue weighted by atomic mass is 16.6. The van der Waals surface area contributed by atoms with Gasteiger partial charge in [0.15, 0.2) is 0 Å². The Morgan fingerprint density at radius 3 is 2.50 bits per heavy atom. The van der Waals surface area contributed by atoms with Crippen LogP contribution in [0.5, 0.6) is 0 Å². The maximum atomic E-state index is 12.0. The standard InChI is InChI=1S/C13H19NO4/c1-13(2,3)18-12(17)14(9-11(15)16)10-7-5-4-6-8-10/h4-5,8H,6-7,9H2,1-3H3,(H,15,16). The first-order valence-corrected chi connectivity index (χ1v) is 5.86. The monoisotopic (exact) mass is 253 g/mol. The van der Waals surface area contributed by atoms with Crippen molar-refractivity contribution in [2.24, 2.45) is 0 Å². The summed E-state index contributed by atoms with van der Waals surface area (Å²) in [6, 6.07) is 0. The van der Waals surface area contributed by atoms with Gasteiger partial charge in [0.05, 0.1) is 0 Å². The summed E-state index contributed by atoms with van der Waals surface area (Å²) in [6.45, 7) is 4.87. The topological polar surface area (TPSA) is 66.8 Å². The molecular formula is C13H19NO4. The number of carbonyl (C=O) groups excluding carboxylic acids is 1. The quantitative estimate of drug-likeness (QED) is 0.785. The minimum atomic E-state index is -1.06. The molecule has 0 spiro atoms. The molecule has 0 atom stereocenters. The molecular weight excluding hydrogens is 234 g/mol. The second kappa shape index (κ2) is 5.71. The lowest BCUT2D eigenvalue weighted by molar-refractivity contribution is -0.137. The normalized spacial score (nSPS) is 14.9. The summed E-state index contributed by atoms with van der Waals surface area (Å²) in [5.41, 5.74) is 0.0352. The van der Waals surface area contributed by atoms with E-state index in [4.69, 9.17) is 9.84 Å². The third kappa shape index (κ3) is 4.61. The van der Waals surface area contributed by atoms with Gasteiger partial charge in [-0.15, -0.1) is 0 Å². The maximum absolute atomic E-state index is 12.0. The van der Waals surface area contributed by atoms with Crippen LogP contribution in [0.3, 0.4) is 0 Å². The van der Waals surface area contributed by atoms with Gasteiger partial charge in [0.2, 0.25) is 0 Å². The fourth-order valence-corrected chi connectivity index (χ4v) is 1.54. The van der Waals surface area contributed by atoms with Crippen molar-refractivity contribution in [3.63, 3.8) is 0 Å². The number of carbonyl (C=O) groups is 2. The van der Waals surface area contributed by atoms with Crippen molar-refractivity contribution in [2.75, 3.05) is 6.54 Å². The Hall–Kier alpha value is -1.78. The molecule has 100 valence electrons. The lowest BCUT2D eigenvalue weighted by Gasteiger charge is -2.28. The fraction of sp³-hybridized carbons (Fsp3) is 0.538. The van der Waals surface area contributed by atoms with Crippen LogP contribution in [0.2, 0.25) is 0 Å². The summed E-state index contributed by atoms with van der Waals surface area (Å²) in [5, 5.41) is 8.87. The number of hydrogen-bond acceptors (Lipinski definition) is 3. The Labute approximate surface area is 107 Å². The molecule has 0 bridgehead atoms. The summed E-state index contributed by atoms with van der Waals surface area (Å²) in [6.07, 6.45) is 6.35. The number of nitrogens with zero attached hydrogens (tertiary/aromatic N) is 1. The molecule has 0 heterocycles. The largest absolute Gasteiger partial charge is 0.480 e. The average Bonchev–Trinajstić information content (AvgIpc) is 2.24. The molecule has 0 aromatic rings. The third-order valence-corrected chi connectivity index (χ3v) is 2.24. The first-order chi connectivity index (χ1) is 8.29. The second-order valence-corrected chi connectivity index (χ2v) is 5.07. The lowest BCUT2D eigenvalue weighted by Crippen LogP contribution is -2.39. The van der Waals surface area contributed by atoms with Crippen LogP contribution in [-0.4, -0.2) is 34.2 Å². The van der Waals surface area contributed by atoms with Gasteiger partial charge in [-0.1, -0.05) is 18.2 Å². The molecule has 0 unspecified atom stereocenters. The predicted molar refractivity (Wildman–Crippen MR) is 67.0 cm³/mol. The molecule has 0 saturated heterocycles. The fourth-order valence-electron chi connectivity index (χ4n) is 1.54. The summed E-state index contributed by atoms with van der Waals surface area (Å²) >= 11 is 0. The van der Waals surface area contributed by atoms with E-state index >= 15 is 0 Å². The van der Waals surface area contributed by atoms with Gasteiger partial charge in [-0.25, -0.2) is 4.79 Å². The molecule has 0 aliphatic heterocycles. The van der Waals surface area contributed by atoms with E-state index in [1.165, 1.54) is 4.90 Å². The van der Waals surface area contributed by atoms with Gasteiger partial charge < -0.3 is 9.84 Å². The molecule has 0 radical (unpaired) electrons. The van der Waals surface area contributed by atoms with Crippen molar-refractivity contribution in [3.05, 3.63) is 23.9 Å². The molecule has 1 amide bonds. The molecule has 5 heteroatoms. The van der Waals surface area contributed by atoms with E-state index in [0.29, 0.717) is 18.5 Å². The van der Waals surface area contributed by atoms with Crippen molar-refractivity contribution < 1.29 is 19.4 Å². The molecule has 1 N–H and O–H groups in total. The van der Waals surface area contributed by atoms with Crippen LogP contribution in [-0.2, 0) is 9.53 Å². The number of carboxylic acids is 1. The van der Waals surface area contributed by atoms with E-state index in [9.17, 15) is 9.59 Å². The van der Waals surface area contributed by atoms with Crippen LogP contribution in [0, 0.1) is 0 Å². The Morgan fingerprint density at radius 1 is 1.39 bits per heavy atom. The molecule has 1 rings (SSSR count). The van der Waals surface area contributed by atoms with E-state index in [-0.39, 0.29) is 6.54 Å². The summed E-state index contributed by atoms with van der Waals surface area (Å²) in [4.78, 5) is 24.0. The van der Waals surface area contributed by atoms with Crippen molar-refractivity contribution in [3.8, 4) is 0 Å². The Bertz CT molecular complexity index is 390. The number of rotatable bonds is 3.